The second-order valence-electron chi connectivity index (χ2n) is 6.39. The monoisotopic (exact) mass is 282 g/mol. The molecule has 1 aliphatic heterocycles. The van der Waals surface area contributed by atoms with Gasteiger partial charge in [-0.1, -0.05) is 12.8 Å². The van der Waals surface area contributed by atoms with Crippen LogP contribution in [-0.4, -0.2) is 79.5 Å². The highest BCUT2D eigenvalue weighted by atomic mass is 16.2. The fourth-order valence-corrected chi connectivity index (χ4v) is 3.48. The largest absolute Gasteiger partial charge is 0.349 e. The summed E-state index contributed by atoms with van der Waals surface area (Å²) in [5.41, 5.74) is 5.88. The van der Waals surface area contributed by atoms with Crippen molar-refractivity contribution in [2.24, 2.45) is 5.73 Å². The van der Waals surface area contributed by atoms with E-state index < -0.39 is 0 Å². The highest BCUT2D eigenvalue weighted by molar-refractivity contribution is 5.76. The summed E-state index contributed by atoms with van der Waals surface area (Å²) in [6.45, 7) is 4.95. The number of carbonyl (C=O) groups excluding carboxylic acids is 1. The van der Waals surface area contributed by atoms with Crippen LogP contribution in [0.25, 0.3) is 0 Å². The van der Waals surface area contributed by atoms with E-state index in [1.54, 1.807) is 4.90 Å². The minimum absolute atomic E-state index is 0.179. The lowest BCUT2D eigenvalue weighted by Gasteiger charge is -2.41. The first kappa shape index (κ1) is 15.7. The van der Waals surface area contributed by atoms with Crippen molar-refractivity contribution in [3.05, 3.63) is 0 Å². The predicted octanol–water partition coefficient (Wildman–Crippen LogP) is 0.352. The summed E-state index contributed by atoms with van der Waals surface area (Å²) in [7, 11) is 3.63. The third-order valence-corrected chi connectivity index (χ3v) is 4.89. The smallest absolute Gasteiger partial charge is 0.223 e. The minimum atomic E-state index is 0.179. The lowest BCUT2D eigenvalue weighted by molar-refractivity contribution is -0.130. The Kier molecular flexibility index (Phi) is 5.81. The molecule has 5 heteroatoms. The third kappa shape index (κ3) is 3.93. The van der Waals surface area contributed by atoms with Crippen LogP contribution in [0.4, 0.5) is 0 Å². The average molecular weight is 282 g/mol. The molecule has 20 heavy (non-hydrogen) atoms. The maximum atomic E-state index is 11.9. The molecular formula is C15H30N4O. The van der Waals surface area contributed by atoms with E-state index in [4.69, 9.17) is 5.73 Å². The molecule has 1 heterocycles. The Labute approximate surface area is 123 Å². The number of hydrogen-bond donors (Lipinski definition) is 1. The Balaban J connectivity index is 1.80. The maximum Gasteiger partial charge on any atom is 0.223 e. The van der Waals surface area contributed by atoms with Gasteiger partial charge in [0.1, 0.15) is 0 Å². The van der Waals surface area contributed by atoms with Crippen LogP contribution in [0.3, 0.4) is 0 Å². The van der Waals surface area contributed by atoms with Crippen LogP contribution in [0.2, 0.25) is 0 Å². The van der Waals surface area contributed by atoms with Gasteiger partial charge >= 0.3 is 0 Å². The molecule has 1 saturated heterocycles. The maximum absolute atomic E-state index is 11.9. The Hall–Kier alpha value is -0.650. The summed E-state index contributed by atoms with van der Waals surface area (Å²) < 4.78 is 0. The van der Waals surface area contributed by atoms with Crippen LogP contribution in [0, 0.1) is 0 Å². The molecule has 0 bridgehead atoms. The standard InChI is InChI=1S/C15H30N4O/c1-17(2)15(20)11-14(12-16)19-9-7-18(8-10-19)13-5-3-4-6-13/h13-14H,3-12,16H2,1-2H3. The number of carbonyl (C=O) groups is 1. The van der Waals surface area contributed by atoms with Crippen molar-refractivity contribution in [3.8, 4) is 0 Å². The Morgan fingerprint density at radius 3 is 2.30 bits per heavy atom. The van der Waals surface area contributed by atoms with Crippen LogP contribution >= 0.6 is 0 Å². The quantitative estimate of drug-likeness (QED) is 0.791. The van der Waals surface area contributed by atoms with E-state index in [-0.39, 0.29) is 11.9 Å². The summed E-state index contributed by atoms with van der Waals surface area (Å²) in [4.78, 5) is 18.6. The molecule has 0 spiro atoms. The SMILES string of the molecule is CN(C)C(=O)CC(CN)N1CCN(C2CCCC2)CC1. The number of nitrogens with zero attached hydrogens (tertiary/aromatic N) is 3. The zero-order valence-electron chi connectivity index (χ0n) is 13.1. The van der Waals surface area contributed by atoms with Crippen molar-refractivity contribution in [3.63, 3.8) is 0 Å². The molecule has 2 N–H and O–H groups in total. The highest BCUT2D eigenvalue weighted by Crippen LogP contribution is 2.24. The minimum Gasteiger partial charge on any atom is -0.349 e. The van der Waals surface area contributed by atoms with Crippen molar-refractivity contribution < 1.29 is 4.79 Å². The van der Waals surface area contributed by atoms with Crippen LogP contribution < -0.4 is 5.73 Å². The van der Waals surface area contributed by atoms with Crippen molar-refractivity contribution in [2.45, 2.75) is 44.2 Å². The van der Waals surface area contributed by atoms with Gasteiger partial charge in [-0.2, -0.15) is 0 Å². The molecule has 0 aromatic carbocycles. The van der Waals surface area contributed by atoms with Gasteiger partial charge in [-0.25, -0.2) is 0 Å². The fourth-order valence-electron chi connectivity index (χ4n) is 3.48. The Bertz CT molecular complexity index is 307. The molecule has 1 unspecified atom stereocenters. The van der Waals surface area contributed by atoms with Gasteiger partial charge in [0.15, 0.2) is 0 Å². The van der Waals surface area contributed by atoms with Gasteiger partial charge in [0.2, 0.25) is 5.91 Å². The van der Waals surface area contributed by atoms with E-state index in [9.17, 15) is 4.79 Å². The van der Waals surface area contributed by atoms with E-state index in [1.165, 1.54) is 25.7 Å². The summed E-state index contributed by atoms with van der Waals surface area (Å²) in [6.07, 6.45) is 6.09. The summed E-state index contributed by atoms with van der Waals surface area (Å²) in [6, 6.07) is 1.02. The first-order chi connectivity index (χ1) is 9.61. The molecule has 2 rings (SSSR count). The molecule has 1 aliphatic carbocycles. The van der Waals surface area contributed by atoms with Crippen molar-refractivity contribution in [2.75, 3.05) is 46.8 Å². The van der Waals surface area contributed by atoms with Crippen LogP contribution in [0.1, 0.15) is 32.1 Å². The number of nitrogens with two attached hydrogens (primary N) is 1. The van der Waals surface area contributed by atoms with Crippen molar-refractivity contribution >= 4 is 5.91 Å². The lowest BCUT2D eigenvalue weighted by Crippen LogP contribution is -2.55. The molecular weight excluding hydrogens is 252 g/mol. The van der Waals surface area contributed by atoms with Gasteiger partial charge in [-0.3, -0.25) is 14.6 Å². The Morgan fingerprint density at radius 1 is 1.20 bits per heavy atom. The normalized spacial score (nSPS) is 23.9. The molecule has 2 fully saturated rings. The van der Waals surface area contributed by atoms with Gasteiger partial charge < -0.3 is 10.6 Å². The van der Waals surface area contributed by atoms with E-state index in [1.807, 2.05) is 14.1 Å². The number of amides is 1. The molecule has 1 saturated carbocycles. The molecule has 0 aromatic heterocycles. The number of piperazine rings is 1. The second kappa shape index (κ2) is 7.38. The second-order valence-corrected chi connectivity index (χ2v) is 6.39. The van der Waals surface area contributed by atoms with E-state index in [0.717, 1.165) is 32.2 Å². The molecule has 1 atom stereocenters. The van der Waals surface area contributed by atoms with E-state index in [2.05, 4.69) is 9.80 Å². The van der Waals surface area contributed by atoms with Gasteiger partial charge in [0.05, 0.1) is 0 Å². The lowest BCUT2D eigenvalue weighted by atomic mass is 10.1. The van der Waals surface area contributed by atoms with Crippen LogP contribution in [0.15, 0.2) is 0 Å². The van der Waals surface area contributed by atoms with Crippen molar-refractivity contribution in [1.29, 1.82) is 0 Å². The van der Waals surface area contributed by atoms with E-state index >= 15 is 0 Å². The van der Waals surface area contributed by atoms with Gasteiger partial charge in [-0.15, -0.1) is 0 Å². The number of hydrogen-bond acceptors (Lipinski definition) is 4. The summed E-state index contributed by atoms with van der Waals surface area (Å²) in [5, 5.41) is 0. The first-order valence-electron chi connectivity index (χ1n) is 8.00. The molecule has 5 nitrogen and oxygen atoms in total. The molecule has 2 aliphatic rings. The topological polar surface area (TPSA) is 52.8 Å². The van der Waals surface area contributed by atoms with Crippen LogP contribution in [0.5, 0.6) is 0 Å². The van der Waals surface area contributed by atoms with Crippen LogP contribution in [-0.2, 0) is 4.79 Å². The molecule has 0 aromatic rings. The Morgan fingerprint density at radius 2 is 1.80 bits per heavy atom. The average Bonchev–Trinajstić information content (AvgIpc) is 2.98. The summed E-state index contributed by atoms with van der Waals surface area (Å²) >= 11 is 0. The molecule has 1 amide bonds. The highest BCUT2D eigenvalue weighted by Gasteiger charge is 2.29. The number of rotatable bonds is 5. The zero-order valence-corrected chi connectivity index (χ0v) is 13.1. The first-order valence-corrected chi connectivity index (χ1v) is 8.00. The summed E-state index contributed by atoms with van der Waals surface area (Å²) in [5.74, 6) is 0.179. The van der Waals surface area contributed by atoms with Gasteiger partial charge in [0.25, 0.3) is 0 Å². The zero-order chi connectivity index (χ0) is 14.5. The fraction of sp³-hybridized carbons (Fsp3) is 0.933. The molecule has 116 valence electrons. The van der Waals surface area contributed by atoms with Crippen molar-refractivity contribution in [1.82, 2.24) is 14.7 Å². The van der Waals surface area contributed by atoms with Gasteiger partial charge in [0, 0.05) is 65.3 Å². The van der Waals surface area contributed by atoms with E-state index in [0.29, 0.717) is 13.0 Å². The molecule has 0 radical (unpaired) electrons. The third-order valence-electron chi connectivity index (χ3n) is 4.89. The predicted molar refractivity (Wildman–Crippen MR) is 81.6 cm³/mol. The van der Waals surface area contributed by atoms with Gasteiger partial charge in [-0.05, 0) is 12.8 Å².